The van der Waals surface area contributed by atoms with E-state index in [1.54, 1.807) is 6.92 Å². The highest BCUT2D eigenvalue weighted by atomic mass is 19.4. The smallest absolute Gasteiger partial charge is 0.451 e. The van der Waals surface area contributed by atoms with Crippen LogP contribution in [0.2, 0.25) is 0 Å². The maximum atomic E-state index is 14.3. The number of halogens is 5. The number of aryl methyl sites for hydroxylation is 1. The van der Waals surface area contributed by atoms with E-state index in [1.165, 1.54) is 24.1 Å². The molecule has 0 radical (unpaired) electrons. The van der Waals surface area contributed by atoms with Crippen LogP contribution in [0.25, 0.3) is 0 Å². The Morgan fingerprint density at radius 1 is 1.29 bits per heavy atom. The molecule has 1 atom stereocenters. The summed E-state index contributed by atoms with van der Waals surface area (Å²) in [6.45, 7) is 2.62. The fraction of sp³-hybridized carbons (Fsp3) is 0.364. The summed E-state index contributed by atoms with van der Waals surface area (Å²) in [5.74, 6) is -6.86. The first-order chi connectivity index (χ1) is 15.8. The Morgan fingerprint density at radius 3 is 2.68 bits per heavy atom. The van der Waals surface area contributed by atoms with Gasteiger partial charge in [0.1, 0.15) is 17.1 Å². The van der Waals surface area contributed by atoms with Crippen molar-refractivity contribution in [2.75, 3.05) is 11.9 Å². The molecule has 2 N–H and O–H groups in total. The Kier molecular flexibility index (Phi) is 5.67. The van der Waals surface area contributed by atoms with E-state index in [0.717, 1.165) is 17.1 Å². The van der Waals surface area contributed by atoms with Crippen molar-refractivity contribution >= 4 is 17.5 Å². The largest absolute Gasteiger partial charge is 0.509 e. The standard InChI is InChI=1S/C22H20F5N3O4/c1-11-9-14(18(34-11)22(25,26)27)28-19(32)15-17(31)21(2)7-4-8-30(21)29(20(15)33)10-12-5-3-6-13(23)16(12)24/h3,5-6,9,31H,4,7-8,10H2,1-2H3,(H,28,32)/t21-/m1/s1. The number of alkyl halides is 3. The average molecular weight is 485 g/mol. The normalized spacial score (nSPS) is 21.3. The van der Waals surface area contributed by atoms with Crippen molar-refractivity contribution in [1.29, 1.82) is 0 Å². The lowest BCUT2D eigenvalue weighted by atomic mass is 9.90. The zero-order valence-electron chi connectivity index (χ0n) is 18.1. The number of aliphatic hydroxyl groups excluding tert-OH is 1. The molecule has 0 spiro atoms. The van der Waals surface area contributed by atoms with E-state index < -0.39 is 64.5 Å². The molecule has 182 valence electrons. The van der Waals surface area contributed by atoms with Crippen LogP contribution < -0.4 is 5.32 Å². The van der Waals surface area contributed by atoms with E-state index >= 15 is 0 Å². The summed E-state index contributed by atoms with van der Waals surface area (Å²) in [5.41, 5.74) is -2.92. The summed E-state index contributed by atoms with van der Waals surface area (Å²) in [6, 6.07) is 4.37. The quantitative estimate of drug-likeness (QED) is 0.494. The van der Waals surface area contributed by atoms with Crippen LogP contribution in [0.5, 0.6) is 0 Å². The lowest BCUT2D eigenvalue weighted by Crippen LogP contribution is -2.60. The van der Waals surface area contributed by atoms with Gasteiger partial charge in [-0.3, -0.25) is 14.6 Å². The number of anilines is 1. The van der Waals surface area contributed by atoms with E-state index in [-0.39, 0.29) is 17.9 Å². The fourth-order valence-corrected chi connectivity index (χ4v) is 4.38. The maximum Gasteiger partial charge on any atom is 0.451 e. The molecule has 4 rings (SSSR count). The van der Waals surface area contributed by atoms with Gasteiger partial charge < -0.3 is 14.8 Å². The number of nitrogens with zero attached hydrogens (tertiary/aromatic N) is 2. The van der Waals surface area contributed by atoms with Crippen molar-refractivity contribution in [3.05, 3.63) is 64.3 Å². The molecule has 2 aliphatic heterocycles. The summed E-state index contributed by atoms with van der Waals surface area (Å²) in [5, 5.41) is 15.3. The molecule has 3 heterocycles. The zero-order valence-corrected chi connectivity index (χ0v) is 18.1. The number of carbonyl (C=O) groups excluding carboxylic acids is 2. The molecule has 0 unspecified atom stereocenters. The van der Waals surface area contributed by atoms with Crippen molar-refractivity contribution in [1.82, 2.24) is 10.0 Å². The number of carbonyl (C=O) groups is 2. The molecule has 12 heteroatoms. The van der Waals surface area contributed by atoms with Crippen LogP contribution in [0.3, 0.4) is 0 Å². The number of furan rings is 1. The first-order valence-corrected chi connectivity index (χ1v) is 10.3. The summed E-state index contributed by atoms with van der Waals surface area (Å²) in [7, 11) is 0. The summed E-state index contributed by atoms with van der Waals surface area (Å²) >= 11 is 0. The van der Waals surface area contributed by atoms with E-state index in [2.05, 4.69) is 4.42 Å². The minimum atomic E-state index is -4.92. The summed E-state index contributed by atoms with van der Waals surface area (Å²) in [6.07, 6.45) is -4.10. The monoisotopic (exact) mass is 485 g/mol. The average Bonchev–Trinajstić information content (AvgIpc) is 3.32. The van der Waals surface area contributed by atoms with Crippen LogP contribution in [-0.2, 0) is 22.3 Å². The number of fused-ring (bicyclic) bond motifs is 1. The van der Waals surface area contributed by atoms with Gasteiger partial charge in [-0.15, -0.1) is 0 Å². The fourth-order valence-electron chi connectivity index (χ4n) is 4.38. The molecule has 2 amide bonds. The molecular formula is C22H20F5N3O4. The zero-order chi connectivity index (χ0) is 25.0. The van der Waals surface area contributed by atoms with Crippen LogP contribution in [0.4, 0.5) is 27.6 Å². The van der Waals surface area contributed by atoms with Crippen molar-refractivity contribution in [2.45, 2.75) is 44.9 Å². The van der Waals surface area contributed by atoms with Crippen LogP contribution in [0.1, 0.15) is 36.8 Å². The minimum absolute atomic E-state index is 0.132. The van der Waals surface area contributed by atoms with Gasteiger partial charge in [-0.1, -0.05) is 12.1 Å². The van der Waals surface area contributed by atoms with E-state index in [0.29, 0.717) is 12.8 Å². The summed E-state index contributed by atoms with van der Waals surface area (Å²) in [4.78, 5) is 26.3. The topological polar surface area (TPSA) is 86.0 Å². The van der Waals surface area contributed by atoms with E-state index in [1.807, 2.05) is 5.32 Å². The predicted molar refractivity (Wildman–Crippen MR) is 108 cm³/mol. The van der Waals surface area contributed by atoms with Crippen molar-refractivity contribution < 1.29 is 41.1 Å². The maximum absolute atomic E-state index is 14.3. The SMILES string of the molecule is Cc1cc(NC(=O)C2=C(O)[C@@]3(C)CCCN3N(Cc3cccc(F)c3F)C2=O)c(C(F)(F)F)o1. The second-order valence-electron chi connectivity index (χ2n) is 8.35. The van der Waals surface area contributed by atoms with Crippen LogP contribution in [0.15, 0.2) is 40.0 Å². The van der Waals surface area contributed by atoms with Crippen LogP contribution >= 0.6 is 0 Å². The molecule has 7 nitrogen and oxygen atoms in total. The van der Waals surface area contributed by atoms with Crippen molar-refractivity contribution in [3.8, 4) is 0 Å². The van der Waals surface area contributed by atoms with Gasteiger partial charge in [0.2, 0.25) is 5.76 Å². The molecule has 2 aromatic rings. The van der Waals surface area contributed by atoms with Crippen molar-refractivity contribution in [2.24, 2.45) is 0 Å². The number of benzene rings is 1. The third-order valence-electron chi connectivity index (χ3n) is 6.03. The highest BCUT2D eigenvalue weighted by molar-refractivity contribution is 6.23. The molecule has 1 aromatic heterocycles. The molecule has 0 bridgehead atoms. The predicted octanol–water partition coefficient (Wildman–Crippen LogP) is 4.45. The summed E-state index contributed by atoms with van der Waals surface area (Å²) < 4.78 is 72.5. The van der Waals surface area contributed by atoms with E-state index in [4.69, 9.17) is 0 Å². The van der Waals surface area contributed by atoms with Crippen molar-refractivity contribution in [3.63, 3.8) is 0 Å². The molecule has 1 fully saturated rings. The number of rotatable bonds is 4. The Hall–Kier alpha value is -3.41. The van der Waals surface area contributed by atoms with E-state index in [9.17, 15) is 36.6 Å². The molecule has 0 saturated carbocycles. The van der Waals surface area contributed by atoms with Gasteiger partial charge in [0, 0.05) is 18.2 Å². The minimum Gasteiger partial charge on any atom is -0.509 e. The Balaban J connectivity index is 1.73. The van der Waals surface area contributed by atoms with Crippen LogP contribution in [0, 0.1) is 18.6 Å². The third-order valence-corrected chi connectivity index (χ3v) is 6.03. The van der Waals surface area contributed by atoms with Gasteiger partial charge >= 0.3 is 6.18 Å². The third kappa shape index (κ3) is 3.81. The Labute approximate surface area is 190 Å². The molecule has 1 aromatic carbocycles. The lowest BCUT2D eigenvalue weighted by molar-refractivity contribution is -0.160. The highest BCUT2D eigenvalue weighted by Crippen LogP contribution is 2.42. The van der Waals surface area contributed by atoms with Gasteiger partial charge in [-0.05, 0) is 32.8 Å². The molecule has 34 heavy (non-hydrogen) atoms. The number of amides is 2. The Bertz CT molecular complexity index is 1210. The molecule has 2 aliphatic rings. The second-order valence-corrected chi connectivity index (χ2v) is 8.35. The van der Waals surface area contributed by atoms with Gasteiger partial charge in [0.25, 0.3) is 11.8 Å². The second kappa shape index (κ2) is 8.12. The van der Waals surface area contributed by atoms with Gasteiger partial charge in [-0.25, -0.2) is 13.8 Å². The molecule has 1 saturated heterocycles. The van der Waals surface area contributed by atoms with Gasteiger partial charge in [0.05, 0.1) is 17.8 Å². The first kappa shape index (κ1) is 23.7. The number of nitrogens with one attached hydrogen (secondary N) is 1. The first-order valence-electron chi connectivity index (χ1n) is 10.3. The van der Waals surface area contributed by atoms with Crippen LogP contribution in [-0.4, -0.2) is 39.0 Å². The number of hydrogen-bond acceptors (Lipinski definition) is 5. The highest BCUT2D eigenvalue weighted by Gasteiger charge is 2.53. The number of hydrogen-bond donors (Lipinski definition) is 2. The number of aliphatic hydroxyl groups is 1. The Morgan fingerprint density at radius 2 is 2.00 bits per heavy atom. The number of hydrazine groups is 1. The molecular weight excluding hydrogens is 465 g/mol. The van der Waals surface area contributed by atoms with Gasteiger partial charge in [0.15, 0.2) is 11.6 Å². The van der Waals surface area contributed by atoms with Gasteiger partial charge in [-0.2, -0.15) is 13.2 Å². The molecule has 0 aliphatic carbocycles. The lowest BCUT2D eigenvalue weighted by Gasteiger charge is -2.46.